The number of benzene rings is 1. The molecule has 1 aromatic rings. The van der Waals surface area contributed by atoms with E-state index in [1.807, 2.05) is 0 Å². The smallest absolute Gasteiger partial charge is 0.0175 e. The maximum atomic E-state index is 3.71. The highest BCUT2D eigenvalue weighted by atomic mass is 79.9. The zero-order valence-electron chi connectivity index (χ0n) is 11.1. The van der Waals surface area contributed by atoms with E-state index in [0.29, 0.717) is 0 Å². The van der Waals surface area contributed by atoms with Crippen molar-refractivity contribution in [3.05, 3.63) is 34.3 Å². The maximum absolute atomic E-state index is 3.71. The third-order valence-corrected chi connectivity index (χ3v) is 6.08. The molecule has 0 unspecified atom stereocenters. The van der Waals surface area contributed by atoms with Crippen molar-refractivity contribution in [2.24, 2.45) is 5.92 Å². The van der Waals surface area contributed by atoms with Crippen LogP contribution in [0.1, 0.15) is 38.7 Å². The van der Waals surface area contributed by atoms with Crippen LogP contribution in [-0.4, -0.2) is 10.7 Å². The topological polar surface area (TPSA) is 0 Å². The van der Waals surface area contributed by atoms with Crippen LogP contribution in [0.25, 0.3) is 0 Å². The van der Waals surface area contributed by atoms with Crippen LogP contribution in [-0.2, 0) is 5.41 Å². The summed E-state index contributed by atoms with van der Waals surface area (Å²) in [5, 5.41) is 2.01. The third-order valence-electron chi connectivity index (χ3n) is 3.40. The molecule has 0 saturated carbocycles. The summed E-state index contributed by atoms with van der Waals surface area (Å²) in [5.74, 6) is 0.790. The lowest BCUT2D eigenvalue weighted by Gasteiger charge is -2.31. The first-order valence-corrected chi connectivity index (χ1v) is 9.45. The Morgan fingerprint density at radius 2 is 1.61 bits per heavy atom. The van der Waals surface area contributed by atoms with Crippen molar-refractivity contribution in [3.8, 4) is 0 Å². The molecule has 0 aliphatic rings. The lowest BCUT2D eigenvalue weighted by molar-refractivity contribution is 0.439. The van der Waals surface area contributed by atoms with E-state index in [1.165, 1.54) is 24.8 Å². The molecule has 102 valence electrons. The molecule has 0 saturated heterocycles. The van der Waals surface area contributed by atoms with E-state index in [1.54, 1.807) is 0 Å². The van der Waals surface area contributed by atoms with E-state index in [-0.39, 0.29) is 5.41 Å². The van der Waals surface area contributed by atoms with Crippen molar-refractivity contribution in [2.45, 2.75) is 38.5 Å². The maximum Gasteiger partial charge on any atom is 0.0175 e. The first-order valence-electron chi connectivity index (χ1n) is 6.42. The predicted molar refractivity (Wildman–Crippen MR) is 92.1 cm³/mol. The van der Waals surface area contributed by atoms with Gasteiger partial charge in [0.1, 0.15) is 0 Å². The fourth-order valence-corrected chi connectivity index (χ4v) is 4.52. The van der Waals surface area contributed by atoms with Crippen molar-refractivity contribution in [1.29, 1.82) is 0 Å². The minimum absolute atomic E-state index is 0.218. The molecule has 0 aliphatic carbocycles. The van der Waals surface area contributed by atoms with E-state index in [9.17, 15) is 0 Å². The molecule has 0 fully saturated rings. The second-order valence-electron chi connectivity index (χ2n) is 5.34. The summed E-state index contributed by atoms with van der Waals surface area (Å²) < 4.78 is 1.14. The minimum Gasteiger partial charge on any atom is -0.0918 e. The van der Waals surface area contributed by atoms with Crippen LogP contribution in [0.3, 0.4) is 0 Å². The molecule has 0 radical (unpaired) electrons. The number of hydrogen-bond acceptors (Lipinski definition) is 0. The highest BCUT2D eigenvalue weighted by Crippen LogP contribution is 2.35. The quantitative estimate of drug-likeness (QED) is 0.436. The standard InChI is InChI=1S/C15H21Br3/c1-12(2)4-3-9-15(10-16,11-17)13-5-7-14(18)8-6-13/h5-8,12H,3-4,9-11H2,1-2H3. The third kappa shape index (κ3) is 4.64. The van der Waals surface area contributed by atoms with Crippen LogP contribution in [0.15, 0.2) is 28.7 Å². The van der Waals surface area contributed by atoms with Crippen LogP contribution in [0, 0.1) is 5.92 Å². The van der Waals surface area contributed by atoms with Crippen molar-refractivity contribution in [2.75, 3.05) is 10.7 Å². The summed E-state index contributed by atoms with van der Waals surface area (Å²) in [6.45, 7) is 4.59. The Bertz CT molecular complexity index is 339. The Morgan fingerprint density at radius 1 is 1.06 bits per heavy atom. The van der Waals surface area contributed by atoms with Gasteiger partial charge in [0.05, 0.1) is 0 Å². The van der Waals surface area contributed by atoms with Gasteiger partial charge in [0.25, 0.3) is 0 Å². The monoisotopic (exact) mass is 438 g/mol. The molecule has 0 bridgehead atoms. The van der Waals surface area contributed by atoms with Crippen molar-refractivity contribution < 1.29 is 0 Å². The summed E-state index contributed by atoms with van der Waals surface area (Å²) in [5.41, 5.74) is 1.64. The average molecular weight is 441 g/mol. The normalized spacial score (nSPS) is 12.1. The van der Waals surface area contributed by atoms with Gasteiger partial charge in [-0.2, -0.15) is 0 Å². The fourth-order valence-electron chi connectivity index (χ4n) is 2.12. The molecule has 0 amide bonds. The van der Waals surface area contributed by atoms with Crippen LogP contribution in [0.2, 0.25) is 0 Å². The summed E-state index contributed by atoms with van der Waals surface area (Å²) in [4.78, 5) is 0. The molecule has 0 aromatic heterocycles. The first-order chi connectivity index (χ1) is 8.54. The van der Waals surface area contributed by atoms with E-state index >= 15 is 0 Å². The van der Waals surface area contributed by atoms with Gasteiger partial charge in [0, 0.05) is 20.5 Å². The zero-order chi connectivity index (χ0) is 13.6. The Balaban J connectivity index is 2.81. The van der Waals surface area contributed by atoms with E-state index < -0.39 is 0 Å². The summed E-state index contributed by atoms with van der Waals surface area (Å²) >= 11 is 10.9. The molecule has 1 aromatic carbocycles. The lowest BCUT2D eigenvalue weighted by Crippen LogP contribution is -2.30. The van der Waals surface area contributed by atoms with Gasteiger partial charge in [0.15, 0.2) is 0 Å². The number of halogens is 3. The largest absolute Gasteiger partial charge is 0.0918 e. The summed E-state index contributed by atoms with van der Waals surface area (Å²) in [6, 6.07) is 8.75. The molecule has 0 nitrogen and oxygen atoms in total. The molecule has 1 rings (SSSR count). The van der Waals surface area contributed by atoms with E-state index in [0.717, 1.165) is 21.1 Å². The van der Waals surface area contributed by atoms with E-state index in [2.05, 4.69) is 85.9 Å². The SMILES string of the molecule is CC(C)CCCC(CBr)(CBr)c1ccc(Br)cc1. The molecule has 0 spiro atoms. The van der Waals surface area contributed by atoms with Gasteiger partial charge >= 0.3 is 0 Å². The second-order valence-corrected chi connectivity index (χ2v) is 7.38. The molecule has 0 heterocycles. The Hall–Kier alpha value is 0.660. The average Bonchev–Trinajstić information content (AvgIpc) is 2.36. The second kappa shape index (κ2) is 8.06. The van der Waals surface area contributed by atoms with Gasteiger partial charge in [-0.1, -0.05) is 86.6 Å². The Kier molecular flexibility index (Phi) is 7.48. The lowest BCUT2D eigenvalue weighted by atomic mass is 9.79. The van der Waals surface area contributed by atoms with Crippen molar-refractivity contribution >= 4 is 47.8 Å². The van der Waals surface area contributed by atoms with Crippen LogP contribution >= 0.6 is 47.8 Å². The molecule has 18 heavy (non-hydrogen) atoms. The van der Waals surface area contributed by atoms with Gasteiger partial charge in [-0.25, -0.2) is 0 Å². The molecular weight excluding hydrogens is 420 g/mol. The zero-order valence-corrected chi connectivity index (χ0v) is 15.8. The molecule has 0 atom stereocenters. The summed E-state index contributed by atoms with van der Waals surface area (Å²) in [6.07, 6.45) is 3.81. The number of alkyl halides is 2. The van der Waals surface area contributed by atoms with Gasteiger partial charge in [-0.15, -0.1) is 0 Å². The van der Waals surface area contributed by atoms with Gasteiger partial charge in [0.2, 0.25) is 0 Å². The summed E-state index contributed by atoms with van der Waals surface area (Å²) in [7, 11) is 0. The molecule has 0 aliphatic heterocycles. The van der Waals surface area contributed by atoms with Crippen LogP contribution in [0.4, 0.5) is 0 Å². The number of rotatable bonds is 7. The Morgan fingerprint density at radius 3 is 2.06 bits per heavy atom. The first kappa shape index (κ1) is 16.7. The Labute approximate surface area is 136 Å². The van der Waals surface area contributed by atoms with Gasteiger partial charge in [-0.05, 0) is 30.0 Å². The van der Waals surface area contributed by atoms with Gasteiger partial charge in [-0.3, -0.25) is 0 Å². The highest BCUT2D eigenvalue weighted by Gasteiger charge is 2.29. The van der Waals surface area contributed by atoms with Crippen molar-refractivity contribution in [1.82, 2.24) is 0 Å². The van der Waals surface area contributed by atoms with Crippen LogP contribution in [0.5, 0.6) is 0 Å². The molecule has 3 heteroatoms. The fraction of sp³-hybridized carbons (Fsp3) is 0.600. The number of hydrogen-bond donors (Lipinski definition) is 0. The molecule has 0 N–H and O–H groups in total. The molecular formula is C15H21Br3. The minimum atomic E-state index is 0.218. The van der Waals surface area contributed by atoms with E-state index in [4.69, 9.17) is 0 Å². The van der Waals surface area contributed by atoms with Gasteiger partial charge < -0.3 is 0 Å². The predicted octanol–water partition coefficient (Wildman–Crippen LogP) is 6.30. The van der Waals surface area contributed by atoms with Crippen molar-refractivity contribution in [3.63, 3.8) is 0 Å². The highest BCUT2D eigenvalue weighted by molar-refractivity contribution is 9.10. The van der Waals surface area contributed by atoms with Crippen LogP contribution < -0.4 is 0 Å².